The molecule has 12 nitrogen and oxygen atoms in total. The summed E-state index contributed by atoms with van der Waals surface area (Å²) in [6, 6.07) is 11.8. The van der Waals surface area contributed by atoms with Crippen molar-refractivity contribution >= 4 is 34.5 Å². The summed E-state index contributed by atoms with van der Waals surface area (Å²) in [6.45, 7) is 5.20. The van der Waals surface area contributed by atoms with E-state index in [4.69, 9.17) is 9.47 Å². The average Bonchev–Trinajstić information content (AvgIpc) is 3.64. The minimum absolute atomic E-state index is 0.0441. The molecular weight excluding hydrogens is 638 g/mol. The maximum atomic E-state index is 14.3. The van der Waals surface area contributed by atoms with Gasteiger partial charge < -0.3 is 35.1 Å². The number of imidazole rings is 1. The first-order valence-electron chi connectivity index (χ1n) is 18.0. The van der Waals surface area contributed by atoms with Crippen LogP contribution in [0.3, 0.4) is 0 Å². The number of rotatable bonds is 15. The monoisotopic (exact) mass is 689 g/mol. The molecule has 270 valence electrons. The van der Waals surface area contributed by atoms with Gasteiger partial charge in [0.2, 0.25) is 17.7 Å². The standard InChI is InChI=1S/C38H51N5O7/c1-25(2)50-38(48)35(45)32(19-26-9-4-3-5-10-26)41-37(47)33(22-30-23-39-24-40-30)42-36(46)29(21-34(44)43-15-17-49-18-16-43)20-28-13-8-12-27-11-6-7-14-31(27)28/h6-8,11-14,23-26,29,32-33,35,45H,3-5,9-10,15-22H2,1-2H3,(H,39,40)(H,41,47)(H,42,46)/t29-,32-,33+,35+/m1/s1. The SMILES string of the molecule is CC(C)OC(=O)[C@@H](O)[C@@H](CC1CCCCC1)NC(=O)[C@H](Cc1cnc[nH]1)NC(=O)[C@@H](CC(=O)N1CCOCC1)Cc1cccc2ccccc12. The largest absolute Gasteiger partial charge is 0.461 e. The fraction of sp³-hybridized carbons (Fsp3) is 0.553. The molecular formula is C38H51N5O7. The molecule has 2 aromatic carbocycles. The van der Waals surface area contributed by atoms with Crippen LogP contribution >= 0.6 is 0 Å². The molecule has 1 saturated heterocycles. The molecule has 2 fully saturated rings. The van der Waals surface area contributed by atoms with Gasteiger partial charge in [0.25, 0.3) is 0 Å². The first kappa shape index (κ1) is 37.0. The van der Waals surface area contributed by atoms with Crippen LogP contribution in [0, 0.1) is 11.8 Å². The minimum Gasteiger partial charge on any atom is -0.461 e. The van der Waals surface area contributed by atoms with Crippen molar-refractivity contribution < 1.29 is 33.8 Å². The van der Waals surface area contributed by atoms with E-state index in [0.717, 1.165) is 48.4 Å². The molecule has 4 atom stereocenters. The summed E-state index contributed by atoms with van der Waals surface area (Å²) in [5.74, 6) is -2.49. The van der Waals surface area contributed by atoms with Crippen molar-refractivity contribution in [3.05, 3.63) is 66.2 Å². The van der Waals surface area contributed by atoms with E-state index >= 15 is 0 Å². The third-order valence-corrected chi connectivity index (χ3v) is 9.73. The second-order valence-electron chi connectivity index (χ2n) is 13.9. The van der Waals surface area contributed by atoms with E-state index in [-0.39, 0.29) is 31.1 Å². The smallest absolute Gasteiger partial charge is 0.337 e. The molecule has 0 bridgehead atoms. The predicted octanol–water partition coefficient (Wildman–Crippen LogP) is 3.47. The van der Waals surface area contributed by atoms with E-state index in [2.05, 4.69) is 20.6 Å². The summed E-state index contributed by atoms with van der Waals surface area (Å²) in [5, 5.41) is 19.0. The van der Waals surface area contributed by atoms with Crippen LogP contribution in [-0.2, 0) is 41.5 Å². The number of hydrogen-bond donors (Lipinski definition) is 4. The lowest BCUT2D eigenvalue weighted by Gasteiger charge is -2.31. The number of aliphatic hydroxyl groups is 1. The molecule has 0 spiro atoms. The number of nitrogens with one attached hydrogen (secondary N) is 3. The van der Waals surface area contributed by atoms with E-state index in [0.29, 0.717) is 38.4 Å². The number of aromatic amines is 1. The topological polar surface area (TPSA) is 163 Å². The molecule has 5 rings (SSSR count). The highest BCUT2D eigenvalue weighted by Gasteiger charge is 2.35. The number of aromatic nitrogens is 2. The fourth-order valence-corrected chi connectivity index (χ4v) is 7.06. The van der Waals surface area contributed by atoms with Crippen LogP contribution < -0.4 is 10.6 Å². The Hall–Kier alpha value is -4.29. The highest BCUT2D eigenvalue weighted by atomic mass is 16.6. The van der Waals surface area contributed by atoms with Crippen LogP contribution in [0.25, 0.3) is 10.8 Å². The number of hydrogen-bond acceptors (Lipinski definition) is 8. The number of carbonyl (C=O) groups excluding carboxylic acids is 4. The third-order valence-electron chi connectivity index (χ3n) is 9.73. The zero-order valence-corrected chi connectivity index (χ0v) is 29.1. The van der Waals surface area contributed by atoms with Crippen LogP contribution in [0.5, 0.6) is 0 Å². The van der Waals surface area contributed by atoms with Crippen molar-refractivity contribution in [2.24, 2.45) is 11.8 Å². The van der Waals surface area contributed by atoms with E-state index < -0.39 is 48.0 Å². The lowest BCUT2D eigenvalue weighted by Crippen LogP contribution is -2.56. The second kappa shape index (κ2) is 18.1. The number of fused-ring (bicyclic) bond motifs is 1. The van der Waals surface area contributed by atoms with Gasteiger partial charge in [0.05, 0.1) is 37.6 Å². The van der Waals surface area contributed by atoms with Gasteiger partial charge in [-0.2, -0.15) is 0 Å². The van der Waals surface area contributed by atoms with Crippen LogP contribution in [0.1, 0.15) is 70.1 Å². The molecule has 1 aromatic heterocycles. The maximum absolute atomic E-state index is 14.3. The Bertz CT molecular complexity index is 1560. The fourth-order valence-electron chi connectivity index (χ4n) is 7.06. The number of aliphatic hydroxyl groups excluding tert-OH is 1. The Morgan fingerprint density at radius 2 is 1.72 bits per heavy atom. The number of benzene rings is 2. The summed E-state index contributed by atoms with van der Waals surface area (Å²) >= 11 is 0. The van der Waals surface area contributed by atoms with E-state index in [1.165, 1.54) is 6.33 Å². The Labute approximate surface area is 293 Å². The van der Waals surface area contributed by atoms with E-state index in [1.54, 1.807) is 24.9 Å². The summed E-state index contributed by atoms with van der Waals surface area (Å²) < 4.78 is 10.7. The molecule has 1 saturated carbocycles. The van der Waals surface area contributed by atoms with Crippen molar-refractivity contribution in [3.63, 3.8) is 0 Å². The molecule has 2 aliphatic rings. The van der Waals surface area contributed by atoms with Crippen LogP contribution in [-0.4, -0.2) is 94.3 Å². The van der Waals surface area contributed by atoms with Gasteiger partial charge in [-0.25, -0.2) is 9.78 Å². The Balaban J connectivity index is 1.39. The zero-order valence-electron chi connectivity index (χ0n) is 29.1. The molecule has 1 aliphatic heterocycles. The lowest BCUT2D eigenvalue weighted by molar-refractivity contribution is -0.159. The number of ether oxygens (including phenoxy) is 2. The lowest BCUT2D eigenvalue weighted by atomic mass is 9.83. The van der Waals surface area contributed by atoms with Gasteiger partial charge in [-0.1, -0.05) is 74.6 Å². The molecule has 2 heterocycles. The molecule has 50 heavy (non-hydrogen) atoms. The van der Waals surface area contributed by atoms with Crippen molar-refractivity contribution in [3.8, 4) is 0 Å². The number of morpholine rings is 1. The minimum atomic E-state index is -1.57. The number of carbonyl (C=O) groups is 4. The molecule has 12 heteroatoms. The molecule has 4 N–H and O–H groups in total. The quantitative estimate of drug-likeness (QED) is 0.176. The maximum Gasteiger partial charge on any atom is 0.337 e. The second-order valence-corrected chi connectivity index (χ2v) is 13.9. The summed E-state index contributed by atoms with van der Waals surface area (Å²) in [6.07, 6.45) is 6.92. The first-order valence-corrected chi connectivity index (χ1v) is 18.0. The molecule has 1 aliphatic carbocycles. The molecule has 0 radical (unpaired) electrons. The Morgan fingerprint density at radius 1 is 0.980 bits per heavy atom. The summed E-state index contributed by atoms with van der Waals surface area (Å²) in [5.41, 5.74) is 1.54. The van der Waals surface area contributed by atoms with E-state index in [1.807, 2.05) is 42.5 Å². The van der Waals surface area contributed by atoms with Gasteiger partial charge in [0.1, 0.15) is 6.04 Å². The number of H-pyrrole nitrogens is 1. The number of amides is 3. The highest BCUT2D eigenvalue weighted by Crippen LogP contribution is 2.29. The van der Waals surface area contributed by atoms with Gasteiger partial charge in [-0.15, -0.1) is 0 Å². The number of esters is 1. The van der Waals surface area contributed by atoms with Gasteiger partial charge in [-0.05, 0) is 48.9 Å². The van der Waals surface area contributed by atoms with Crippen molar-refractivity contribution in [1.82, 2.24) is 25.5 Å². The van der Waals surface area contributed by atoms with Gasteiger partial charge in [0, 0.05) is 37.8 Å². The molecule has 3 aromatic rings. The first-order chi connectivity index (χ1) is 24.2. The zero-order chi connectivity index (χ0) is 35.5. The van der Waals surface area contributed by atoms with Crippen molar-refractivity contribution in [1.29, 1.82) is 0 Å². The average molecular weight is 690 g/mol. The van der Waals surface area contributed by atoms with Gasteiger partial charge in [-0.3, -0.25) is 14.4 Å². The normalized spacial score (nSPS) is 17.9. The van der Waals surface area contributed by atoms with Crippen LogP contribution in [0.2, 0.25) is 0 Å². The van der Waals surface area contributed by atoms with Gasteiger partial charge in [0.15, 0.2) is 6.10 Å². The summed E-state index contributed by atoms with van der Waals surface area (Å²) in [4.78, 5) is 63.6. The van der Waals surface area contributed by atoms with Crippen molar-refractivity contribution in [2.45, 2.75) is 95.9 Å². The van der Waals surface area contributed by atoms with Crippen LogP contribution in [0.4, 0.5) is 0 Å². The highest BCUT2D eigenvalue weighted by molar-refractivity contribution is 5.92. The molecule has 3 amide bonds. The van der Waals surface area contributed by atoms with Crippen LogP contribution in [0.15, 0.2) is 55.0 Å². The van der Waals surface area contributed by atoms with Gasteiger partial charge >= 0.3 is 5.97 Å². The van der Waals surface area contributed by atoms with E-state index in [9.17, 15) is 24.3 Å². The third kappa shape index (κ3) is 10.4. The summed E-state index contributed by atoms with van der Waals surface area (Å²) in [7, 11) is 0. The number of nitrogens with zero attached hydrogens (tertiary/aromatic N) is 2. The Morgan fingerprint density at radius 3 is 2.44 bits per heavy atom. The predicted molar refractivity (Wildman–Crippen MR) is 188 cm³/mol. The Kier molecular flexibility index (Phi) is 13.4. The van der Waals surface area contributed by atoms with Crippen molar-refractivity contribution in [2.75, 3.05) is 26.3 Å². The molecule has 0 unspecified atom stereocenters.